The van der Waals surface area contributed by atoms with Crippen molar-refractivity contribution in [3.05, 3.63) is 68.7 Å². The quantitative estimate of drug-likeness (QED) is 0.575. The van der Waals surface area contributed by atoms with E-state index in [1.54, 1.807) is 44.3 Å². The van der Waals surface area contributed by atoms with Gasteiger partial charge in [-0.1, -0.05) is 23.7 Å². The number of carbonyl (C=O) groups excluding carboxylic acids is 1. The number of ether oxygens (including phenoxy) is 1. The molecule has 2 rings (SSSR count). The third kappa shape index (κ3) is 4.93. The molecule has 25 heavy (non-hydrogen) atoms. The topological polar surface area (TPSA) is 72.7 Å². The molecule has 0 N–H and O–H groups in total. The molecule has 0 saturated heterocycles. The van der Waals surface area contributed by atoms with Gasteiger partial charge in [-0.3, -0.25) is 14.9 Å². The maximum absolute atomic E-state index is 12.5. The number of nitrogens with zero attached hydrogens (tertiary/aromatic N) is 2. The molecule has 0 bridgehead atoms. The number of halogens is 1. The Bertz CT molecular complexity index is 794. The summed E-state index contributed by atoms with van der Waals surface area (Å²) in [5.41, 5.74) is 1.52. The van der Waals surface area contributed by atoms with Crippen LogP contribution >= 0.6 is 11.6 Å². The van der Waals surface area contributed by atoms with E-state index < -0.39 is 11.0 Å². The molecule has 1 atom stereocenters. The first kappa shape index (κ1) is 18.7. The summed E-state index contributed by atoms with van der Waals surface area (Å²) in [6.45, 7) is 3.78. The van der Waals surface area contributed by atoms with Gasteiger partial charge in [0, 0.05) is 30.7 Å². The number of benzene rings is 2. The molecule has 2 aromatic rings. The Morgan fingerprint density at radius 3 is 2.68 bits per heavy atom. The maximum Gasteiger partial charge on any atom is 0.269 e. The number of amides is 1. The van der Waals surface area contributed by atoms with Crippen LogP contribution < -0.4 is 4.74 Å². The number of carbonyl (C=O) groups is 1. The predicted octanol–water partition coefficient (Wildman–Crippen LogP) is 3.98. The van der Waals surface area contributed by atoms with E-state index in [2.05, 4.69) is 0 Å². The summed E-state index contributed by atoms with van der Waals surface area (Å²) in [6, 6.07) is 11.4. The van der Waals surface area contributed by atoms with E-state index in [1.165, 1.54) is 17.0 Å². The first-order valence-electron chi connectivity index (χ1n) is 7.69. The third-order valence-electron chi connectivity index (χ3n) is 3.71. The zero-order valence-electron chi connectivity index (χ0n) is 14.2. The number of aryl methyl sites for hydroxylation is 1. The summed E-state index contributed by atoms with van der Waals surface area (Å²) in [7, 11) is 1.63. The molecule has 7 heteroatoms. The van der Waals surface area contributed by atoms with Crippen LogP contribution in [0, 0.1) is 17.0 Å². The zero-order chi connectivity index (χ0) is 18.6. The van der Waals surface area contributed by atoms with Crippen molar-refractivity contribution in [2.45, 2.75) is 26.5 Å². The summed E-state index contributed by atoms with van der Waals surface area (Å²) >= 11 is 5.91. The molecular weight excluding hydrogens is 344 g/mol. The van der Waals surface area contributed by atoms with Gasteiger partial charge in [-0.15, -0.1) is 0 Å². The minimum atomic E-state index is -0.691. The van der Waals surface area contributed by atoms with E-state index in [-0.39, 0.29) is 18.1 Å². The highest BCUT2D eigenvalue weighted by atomic mass is 35.5. The van der Waals surface area contributed by atoms with Gasteiger partial charge in [-0.2, -0.15) is 0 Å². The molecule has 0 fully saturated rings. The smallest absolute Gasteiger partial charge is 0.269 e. The van der Waals surface area contributed by atoms with Crippen LogP contribution in [0.1, 0.15) is 18.1 Å². The molecule has 132 valence electrons. The van der Waals surface area contributed by atoms with Crippen LogP contribution in [0.15, 0.2) is 42.5 Å². The number of hydrogen-bond donors (Lipinski definition) is 0. The molecule has 0 saturated carbocycles. The highest BCUT2D eigenvalue weighted by Gasteiger charge is 2.20. The van der Waals surface area contributed by atoms with Crippen molar-refractivity contribution >= 4 is 23.2 Å². The molecule has 6 nitrogen and oxygen atoms in total. The van der Waals surface area contributed by atoms with Crippen molar-refractivity contribution in [3.63, 3.8) is 0 Å². The van der Waals surface area contributed by atoms with Crippen LogP contribution in [0.2, 0.25) is 5.02 Å². The standard InChI is InChI=1S/C18H19ClN2O4/c1-12-9-15(19)7-8-17(12)25-13(2)18(22)20(3)11-14-5-4-6-16(10-14)21(23)24/h4-10,13H,11H2,1-3H3. The third-order valence-corrected chi connectivity index (χ3v) is 3.94. The lowest BCUT2D eigenvalue weighted by molar-refractivity contribution is -0.384. The number of hydrogen-bond acceptors (Lipinski definition) is 4. The second kappa shape index (κ2) is 7.98. The molecule has 0 spiro atoms. The summed E-state index contributed by atoms with van der Waals surface area (Å²) < 4.78 is 5.72. The summed E-state index contributed by atoms with van der Waals surface area (Å²) in [6.07, 6.45) is -0.691. The Hall–Kier alpha value is -2.60. The van der Waals surface area contributed by atoms with Crippen molar-refractivity contribution in [1.29, 1.82) is 0 Å². The van der Waals surface area contributed by atoms with Gasteiger partial charge >= 0.3 is 0 Å². The SMILES string of the molecule is Cc1cc(Cl)ccc1OC(C)C(=O)N(C)Cc1cccc([N+](=O)[O-])c1. The summed E-state index contributed by atoms with van der Waals surface area (Å²) in [5.74, 6) is 0.370. The molecule has 0 aromatic heterocycles. The first-order chi connectivity index (χ1) is 11.8. The van der Waals surface area contributed by atoms with Gasteiger partial charge in [-0.05, 0) is 43.2 Å². The second-order valence-electron chi connectivity index (χ2n) is 5.79. The van der Waals surface area contributed by atoms with Crippen LogP contribution in [0.5, 0.6) is 5.75 Å². The molecule has 2 aromatic carbocycles. The molecule has 0 aliphatic rings. The van der Waals surface area contributed by atoms with Gasteiger partial charge in [-0.25, -0.2) is 0 Å². The van der Waals surface area contributed by atoms with E-state index in [4.69, 9.17) is 16.3 Å². The Kier molecular flexibility index (Phi) is 5.98. The van der Waals surface area contributed by atoms with Crippen molar-refractivity contribution in [3.8, 4) is 5.75 Å². The maximum atomic E-state index is 12.5. The zero-order valence-corrected chi connectivity index (χ0v) is 15.0. The van der Waals surface area contributed by atoms with E-state index in [1.807, 2.05) is 6.92 Å². The van der Waals surface area contributed by atoms with Crippen molar-refractivity contribution in [1.82, 2.24) is 4.90 Å². The Balaban J connectivity index is 2.03. The molecule has 0 aliphatic carbocycles. The molecule has 0 aliphatic heterocycles. The Morgan fingerprint density at radius 1 is 1.32 bits per heavy atom. The second-order valence-corrected chi connectivity index (χ2v) is 6.23. The van der Waals surface area contributed by atoms with Crippen LogP contribution in [-0.2, 0) is 11.3 Å². The van der Waals surface area contributed by atoms with Crippen LogP contribution in [0.4, 0.5) is 5.69 Å². The van der Waals surface area contributed by atoms with E-state index in [9.17, 15) is 14.9 Å². The molecule has 0 heterocycles. The van der Waals surface area contributed by atoms with E-state index >= 15 is 0 Å². The van der Waals surface area contributed by atoms with Gasteiger partial charge in [0.1, 0.15) is 5.75 Å². The fourth-order valence-electron chi connectivity index (χ4n) is 2.42. The number of rotatable bonds is 6. The van der Waals surface area contributed by atoms with Crippen molar-refractivity contribution in [2.75, 3.05) is 7.05 Å². The van der Waals surface area contributed by atoms with Gasteiger partial charge in [0.2, 0.25) is 0 Å². The number of nitro groups is 1. The van der Waals surface area contributed by atoms with Crippen LogP contribution in [0.3, 0.4) is 0 Å². The fourth-order valence-corrected chi connectivity index (χ4v) is 2.64. The number of nitro benzene ring substituents is 1. The lowest BCUT2D eigenvalue weighted by Gasteiger charge is -2.23. The lowest BCUT2D eigenvalue weighted by Crippen LogP contribution is -2.37. The highest BCUT2D eigenvalue weighted by Crippen LogP contribution is 2.23. The predicted molar refractivity (Wildman–Crippen MR) is 95.8 cm³/mol. The minimum absolute atomic E-state index is 0.000522. The fraction of sp³-hybridized carbons (Fsp3) is 0.278. The first-order valence-corrected chi connectivity index (χ1v) is 8.07. The molecular formula is C18H19ClN2O4. The van der Waals surface area contributed by atoms with Gasteiger partial charge in [0.05, 0.1) is 4.92 Å². The average molecular weight is 363 g/mol. The normalized spacial score (nSPS) is 11.7. The van der Waals surface area contributed by atoms with E-state index in [0.717, 1.165) is 5.56 Å². The van der Waals surface area contributed by atoms with Gasteiger partial charge in [0.15, 0.2) is 6.10 Å². The summed E-state index contributed by atoms with van der Waals surface area (Å²) in [4.78, 5) is 24.3. The van der Waals surface area contributed by atoms with Gasteiger partial charge < -0.3 is 9.64 Å². The van der Waals surface area contributed by atoms with Crippen LogP contribution in [-0.4, -0.2) is 28.9 Å². The molecule has 0 radical (unpaired) electrons. The van der Waals surface area contributed by atoms with Gasteiger partial charge in [0.25, 0.3) is 11.6 Å². The average Bonchev–Trinajstić information content (AvgIpc) is 2.56. The number of non-ortho nitro benzene ring substituents is 1. The van der Waals surface area contributed by atoms with Crippen LogP contribution in [0.25, 0.3) is 0 Å². The Labute approximate surface area is 151 Å². The largest absolute Gasteiger partial charge is 0.481 e. The highest BCUT2D eigenvalue weighted by molar-refractivity contribution is 6.30. The monoisotopic (exact) mass is 362 g/mol. The minimum Gasteiger partial charge on any atom is -0.481 e. The lowest BCUT2D eigenvalue weighted by atomic mass is 10.2. The van der Waals surface area contributed by atoms with Crippen molar-refractivity contribution in [2.24, 2.45) is 0 Å². The number of likely N-dealkylation sites (N-methyl/N-ethyl adjacent to an activating group) is 1. The molecule has 1 unspecified atom stereocenters. The molecule has 1 amide bonds. The Morgan fingerprint density at radius 2 is 2.04 bits per heavy atom. The summed E-state index contributed by atoms with van der Waals surface area (Å²) in [5, 5.41) is 11.4. The van der Waals surface area contributed by atoms with E-state index in [0.29, 0.717) is 16.3 Å². The van der Waals surface area contributed by atoms with Crippen molar-refractivity contribution < 1.29 is 14.5 Å².